The number of aromatic nitrogens is 3. The number of nitrogens with zero attached hydrogens (tertiary/aromatic N) is 2. The zero-order valence-electron chi connectivity index (χ0n) is 13.7. The number of methoxy groups -OCH3 is 1. The summed E-state index contributed by atoms with van der Waals surface area (Å²) in [7, 11) is 1.57. The van der Waals surface area contributed by atoms with E-state index in [0.717, 1.165) is 5.56 Å². The average molecular weight is 340 g/mol. The number of aryl methyl sites for hydroxylation is 1. The van der Waals surface area contributed by atoms with Crippen LogP contribution >= 0.6 is 0 Å². The third-order valence-electron chi connectivity index (χ3n) is 3.58. The summed E-state index contributed by atoms with van der Waals surface area (Å²) in [6.45, 7) is 1.91. The number of H-pyrrole nitrogens is 1. The number of rotatable bonds is 5. The van der Waals surface area contributed by atoms with E-state index in [1.165, 1.54) is 12.3 Å². The molecule has 0 bridgehead atoms. The number of ether oxygens (including phenoxy) is 1. The Morgan fingerprint density at radius 2 is 2.16 bits per heavy atom. The van der Waals surface area contributed by atoms with Gasteiger partial charge in [-0.3, -0.25) is 9.59 Å². The van der Waals surface area contributed by atoms with Crippen molar-refractivity contribution in [2.45, 2.75) is 13.5 Å². The molecular weight excluding hydrogens is 324 g/mol. The highest BCUT2D eigenvalue weighted by Gasteiger charge is 2.13. The van der Waals surface area contributed by atoms with Gasteiger partial charge in [-0.05, 0) is 36.8 Å². The van der Waals surface area contributed by atoms with Gasteiger partial charge in [-0.2, -0.15) is 4.98 Å². The minimum atomic E-state index is -0.257. The van der Waals surface area contributed by atoms with Crippen LogP contribution in [0.15, 0.2) is 45.8 Å². The highest BCUT2D eigenvalue weighted by atomic mass is 16.5. The predicted octanol–water partition coefficient (Wildman–Crippen LogP) is 1.67. The highest BCUT2D eigenvalue weighted by Crippen LogP contribution is 2.17. The van der Waals surface area contributed by atoms with Gasteiger partial charge in [-0.1, -0.05) is 5.16 Å². The van der Waals surface area contributed by atoms with Crippen LogP contribution < -0.4 is 15.6 Å². The van der Waals surface area contributed by atoms with E-state index in [4.69, 9.17) is 9.26 Å². The fourth-order valence-corrected chi connectivity index (χ4v) is 2.30. The lowest BCUT2D eigenvalue weighted by molar-refractivity contribution is 0.0945. The molecule has 128 valence electrons. The summed E-state index contributed by atoms with van der Waals surface area (Å²) < 4.78 is 10.2. The van der Waals surface area contributed by atoms with Crippen LogP contribution in [0.25, 0.3) is 11.4 Å². The van der Waals surface area contributed by atoms with Gasteiger partial charge in [0.1, 0.15) is 5.75 Å². The first-order valence-electron chi connectivity index (χ1n) is 7.51. The normalized spacial score (nSPS) is 10.5. The molecule has 0 saturated carbocycles. The standard InChI is InChI=1S/C17H16N4O4/c1-10-7-12(24-2)3-4-13(10)17(23)19-9-15-20-16(21-25-15)11-5-6-18-14(22)8-11/h3-8H,9H2,1-2H3,(H,18,22)(H,19,23). The summed E-state index contributed by atoms with van der Waals surface area (Å²) in [4.78, 5) is 30.3. The van der Waals surface area contributed by atoms with Gasteiger partial charge in [-0.25, -0.2) is 0 Å². The van der Waals surface area contributed by atoms with Gasteiger partial charge in [0, 0.05) is 23.4 Å². The molecule has 8 heteroatoms. The average Bonchev–Trinajstić information content (AvgIpc) is 3.08. The zero-order chi connectivity index (χ0) is 17.8. The molecule has 0 unspecified atom stereocenters. The molecule has 2 aromatic heterocycles. The highest BCUT2D eigenvalue weighted by molar-refractivity contribution is 5.95. The quantitative estimate of drug-likeness (QED) is 0.731. The molecule has 0 aliphatic heterocycles. The summed E-state index contributed by atoms with van der Waals surface area (Å²) in [5, 5.41) is 6.54. The molecule has 3 aromatic rings. The Labute approximate surface area is 142 Å². The van der Waals surface area contributed by atoms with Crippen molar-refractivity contribution >= 4 is 5.91 Å². The number of carbonyl (C=O) groups excluding carboxylic acids is 1. The minimum Gasteiger partial charge on any atom is -0.497 e. The van der Waals surface area contributed by atoms with Crippen LogP contribution in [0, 0.1) is 6.92 Å². The van der Waals surface area contributed by atoms with Crippen molar-refractivity contribution in [1.82, 2.24) is 20.4 Å². The van der Waals surface area contributed by atoms with Crippen LogP contribution in [0.1, 0.15) is 21.8 Å². The second-order valence-electron chi connectivity index (χ2n) is 5.32. The Balaban J connectivity index is 1.68. The lowest BCUT2D eigenvalue weighted by atomic mass is 10.1. The van der Waals surface area contributed by atoms with Gasteiger partial charge in [0.05, 0.1) is 13.7 Å². The molecule has 0 aliphatic rings. The van der Waals surface area contributed by atoms with Gasteiger partial charge >= 0.3 is 0 Å². The van der Waals surface area contributed by atoms with Crippen molar-refractivity contribution < 1.29 is 14.1 Å². The number of nitrogens with one attached hydrogen (secondary N) is 2. The number of hydrogen-bond acceptors (Lipinski definition) is 6. The number of aromatic amines is 1. The van der Waals surface area contributed by atoms with E-state index in [1.807, 2.05) is 6.92 Å². The molecule has 1 aromatic carbocycles. The van der Waals surface area contributed by atoms with Crippen molar-refractivity contribution in [1.29, 1.82) is 0 Å². The Kier molecular flexibility index (Phi) is 4.60. The van der Waals surface area contributed by atoms with Crippen LogP contribution in [0.2, 0.25) is 0 Å². The maximum atomic E-state index is 12.3. The monoisotopic (exact) mass is 340 g/mol. The maximum Gasteiger partial charge on any atom is 0.251 e. The van der Waals surface area contributed by atoms with Crippen molar-refractivity contribution in [2.75, 3.05) is 7.11 Å². The van der Waals surface area contributed by atoms with Crippen LogP contribution in [0.3, 0.4) is 0 Å². The number of carbonyl (C=O) groups is 1. The molecular formula is C17H16N4O4. The van der Waals surface area contributed by atoms with Gasteiger partial charge in [0.15, 0.2) is 0 Å². The number of hydrogen-bond donors (Lipinski definition) is 2. The molecule has 0 atom stereocenters. The van der Waals surface area contributed by atoms with Crippen LogP contribution in [0.4, 0.5) is 0 Å². The lowest BCUT2D eigenvalue weighted by Crippen LogP contribution is -2.23. The van der Waals surface area contributed by atoms with Crippen molar-refractivity contribution in [3.63, 3.8) is 0 Å². The molecule has 3 rings (SSSR count). The maximum absolute atomic E-state index is 12.3. The Hall–Kier alpha value is -3.42. The van der Waals surface area contributed by atoms with E-state index < -0.39 is 0 Å². The fourth-order valence-electron chi connectivity index (χ4n) is 2.30. The van der Waals surface area contributed by atoms with Gasteiger partial charge in [-0.15, -0.1) is 0 Å². The summed E-state index contributed by atoms with van der Waals surface area (Å²) >= 11 is 0. The summed E-state index contributed by atoms with van der Waals surface area (Å²) in [6, 6.07) is 8.23. The second kappa shape index (κ2) is 7.00. The first kappa shape index (κ1) is 16.4. The summed E-state index contributed by atoms with van der Waals surface area (Å²) in [5.74, 6) is 0.968. The molecule has 8 nitrogen and oxygen atoms in total. The fraction of sp³-hybridized carbons (Fsp3) is 0.176. The number of benzene rings is 1. The first-order valence-corrected chi connectivity index (χ1v) is 7.51. The Morgan fingerprint density at radius 3 is 2.88 bits per heavy atom. The molecule has 1 amide bonds. The van der Waals surface area contributed by atoms with Crippen LogP contribution in [-0.2, 0) is 6.54 Å². The van der Waals surface area contributed by atoms with Crippen molar-refractivity contribution in [2.24, 2.45) is 0 Å². The molecule has 2 heterocycles. The Bertz CT molecular complexity index is 961. The van der Waals surface area contributed by atoms with Gasteiger partial charge < -0.3 is 19.6 Å². The SMILES string of the molecule is COc1ccc(C(=O)NCc2nc(-c3cc[nH]c(=O)c3)no2)c(C)c1. The molecule has 0 saturated heterocycles. The molecule has 0 aliphatic carbocycles. The topological polar surface area (TPSA) is 110 Å². The van der Waals surface area contributed by atoms with E-state index in [1.54, 1.807) is 31.4 Å². The van der Waals surface area contributed by atoms with Crippen molar-refractivity contribution in [3.05, 3.63) is 63.9 Å². The molecule has 0 fully saturated rings. The first-order chi connectivity index (χ1) is 12.1. The molecule has 0 spiro atoms. The number of amides is 1. The third kappa shape index (κ3) is 3.74. The van der Waals surface area contributed by atoms with E-state index >= 15 is 0 Å². The Morgan fingerprint density at radius 1 is 1.32 bits per heavy atom. The molecule has 25 heavy (non-hydrogen) atoms. The van der Waals surface area contributed by atoms with E-state index in [2.05, 4.69) is 20.4 Å². The third-order valence-corrected chi connectivity index (χ3v) is 3.58. The minimum absolute atomic E-state index is 0.0838. The second-order valence-corrected chi connectivity index (χ2v) is 5.32. The van der Waals surface area contributed by atoms with E-state index in [9.17, 15) is 9.59 Å². The lowest BCUT2D eigenvalue weighted by Gasteiger charge is -2.07. The van der Waals surface area contributed by atoms with Gasteiger partial charge in [0.2, 0.25) is 17.3 Å². The van der Waals surface area contributed by atoms with Crippen LogP contribution in [-0.4, -0.2) is 28.1 Å². The van der Waals surface area contributed by atoms with E-state index in [-0.39, 0.29) is 29.7 Å². The number of pyridine rings is 1. The summed E-state index contributed by atoms with van der Waals surface area (Å²) in [5.41, 5.74) is 1.62. The molecule has 0 radical (unpaired) electrons. The van der Waals surface area contributed by atoms with E-state index in [0.29, 0.717) is 16.9 Å². The van der Waals surface area contributed by atoms with Crippen LogP contribution in [0.5, 0.6) is 5.75 Å². The summed E-state index contributed by atoms with van der Waals surface area (Å²) in [6.07, 6.45) is 1.50. The zero-order valence-corrected chi connectivity index (χ0v) is 13.7. The molecule has 2 N–H and O–H groups in total. The predicted molar refractivity (Wildman–Crippen MR) is 89.3 cm³/mol. The van der Waals surface area contributed by atoms with Crippen molar-refractivity contribution in [3.8, 4) is 17.1 Å². The largest absolute Gasteiger partial charge is 0.497 e. The van der Waals surface area contributed by atoms with Gasteiger partial charge in [0.25, 0.3) is 5.91 Å². The smallest absolute Gasteiger partial charge is 0.251 e.